The number of hydrogen-bond donors (Lipinski definition) is 0. The lowest BCUT2D eigenvalue weighted by Gasteiger charge is -2.40. The zero-order chi connectivity index (χ0) is 18.0. The molecular weight excluding hydrogens is 318 g/mol. The van der Waals surface area contributed by atoms with Crippen molar-refractivity contribution in [2.24, 2.45) is 5.92 Å². The Kier molecular flexibility index (Phi) is 5.06. The van der Waals surface area contributed by atoms with Crippen LogP contribution in [0, 0.1) is 12.8 Å². The smallest absolute Gasteiger partial charge is 0.227 e. The second kappa shape index (κ2) is 7.25. The Morgan fingerprint density at radius 1 is 1.44 bits per heavy atom. The van der Waals surface area contributed by atoms with E-state index in [0.29, 0.717) is 30.5 Å². The summed E-state index contributed by atoms with van der Waals surface area (Å²) >= 11 is 0. The molecule has 1 aliphatic rings. The zero-order valence-electron chi connectivity index (χ0n) is 15.3. The zero-order valence-corrected chi connectivity index (χ0v) is 15.3. The molecule has 0 spiro atoms. The van der Waals surface area contributed by atoms with E-state index in [1.165, 1.54) is 11.1 Å². The number of benzene rings is 1. The highest BCUT2D eigenvalue weighted by Crippen LogP contribution is 2.37. The van der Waals surface area contributed by atoms with E-state index in [0.717, 1.165) is 18.7 Å². The molecule has 6 nitrogen and oxygen atoms in total. The number of carbonyl (C=O) groups is 1. The summed E-state index contributed by atoms with van der Waals surface area (Å²) in [5.41, 5.74) is 2.50. The molecule has 1 atom stereocenters. The van der Waals surface area contributed by atoms with Crippen LogP contribution in [0.25, 0.3) is 0 Å². The molecule has 0 fully saturated rings. The van der Waals surface area contributed by atoms with Gasteiger partial charge in [-0.1, -0.05) is 25.1 Å². The fourth-order valence-corrected chi connectivity index (χ4v) is 3.56. The van der Waals surface area contributed by atoms with E-state index in [-0.39, 0.29) is 11.9 Å². The first-order valence-electron chi connectivity index (χ1n) is 8.75. The minimum absolute atomic E-state index is 0.0894. The standard InChI is InChI=1S/C19H25N3O3/c1-12(2)19-16-6-5-15(24-4)11-14(16)9-10-22(19)18(23)8-7-17-20-13(3)21-25-17/h5-6,11-12,19H,7-10H2,1-4H3. The van der Waals surface area contributed by atoms with Crippen LogP contribution in [0.15, 0.2) is 22.7 Å². The first-order valence-corrected chi connectivity index (χ1v) is 8.75. The fourth-order valence-electron chi connectivity index (χ4n) is 3.56. The van der Waals surface area contributed by atoms with E-state index in [9.17, 15) is 4.79 Å². The maximum atomic E-state index is 12.8. The topological polar surface area (TPSA) is 68.5 Å². The number of aryl methyl sites for hydroxylation is 2. The molecule has 1 aliphatic heterocycles. The van der Waals surface area contributed by atoms with Gasteiger partial charge >= 0.3 is 0 Å². The quantitative estimate of drug-likeness (QED) is 0.834. The van der Waals surface area contributed by atoms with Gasteiger partial charge in [0.15, 0.2) is 5.82 Å². The molecule has 0 aliphatic carbocycles. The lowest BCUT2D eigenvalue weighted by atomic mass is 9.86. The number of ether oxygens (including phenoxy) is 1. The van der Waals surface area contributed by atoms with E-state index in [2.05, 4.69) is 36.1 Å². The van der Waals surface area contributed by atoms with E-state index in [1.807, 2.05) is 11.0 Å². The third-order valence-electron chi connectivity index (χ3n) is 4.70. The molecular formula is C19H25N3O3. The molecule has 6 heteroatoms. The van der Waals surface area contributed by atoms with E-state index >= 15 is 0 Å². The van der Waals surface area contributed by atoms with Gasteiger partial charge in [0.1, 0.15) is 5.75 Å². The first-order chi connectivity index (χ1) is 12.0. The highest BCUT2D eigenvalue weighted by Gasteiger charge is 2.32. The third kappa shape index (κ3) is 3.67. The molecule has 1 aromatic carbocycles. The molecule has 2 heterocycles. The number of hydrogen-bond acceptors (Lipinski definition) is 5. The van der Waals surface area contributed by atoms with Crippen LogP contribution in [0.5, 0.6) is 5.75 Å². The van der Waals surface area contributed by atoms with Crippen LogP contribution in [0.3, 0.4) is 0 Å². The van der Waals surface area contributed by atoms with Crippen molar-refractivity contribution in [3.8, 4) is 5.75 Å². The molecule has 0 saturated carbocycles. The van der Waals surface area contributed by atoms with E-state index in [4.69, 9.17) is 9.26 Å². The number of carbonyl (C=O) groups excluding carboxylic acids is 1. The lowest BCUT2D eigenvalue weighted by molar-refractivity contribution is -0.135. The Morgan fingerprint density at radius 2 is 2.24 bits per heavy atom. The van der Waals surface area contributed by atoms with Gasteiger partial charge in [0.2, 0.25) is 11.8 Å². The molecule has 1 aromatic heterocycles. The summed E-state index contributed by atoms with van der Waals surface area (Å²) < 4.78 is 10.4. The average molecular weight is 343 g/mol. The maximum Gasteiger partial charge on any atom is 0.227 e. The van der Waals surface area contributed by atoms with Crippen molar-refractivity contribution in [1.82, 2.24) is 15.0 Å². The number of aromatic nitrogens is 2. The van der Waals surface area contributed by atoms with Crippen LogP contribution in [-0.2, 0) is 17.6 Å². The Hall–Kier alpha value is -2.37. The predicted molar refractivity (Wildman–Crippen MR) is 93.3 cm³/mol. The highest BCUT2D eigenvalue weighted by molar-refractivity contribution is 5.77. The Labute approximate surface area is 148 Å². The second-order valence-electron chi connectivity index (χ2n) is 6.83. The van der Waals surface area contributed by atoms with Crippen LogP contribution in [0.4, 0.5) is 0 Å². The molecule has 1 amide bonds. The number of rotatable bonds is 5. The van der Waals surface area contributed by atoms with Crippen molar-refractivity contribution in [3.63, 3.8) is 0 Å². The van der Waals surface area contributed by atoms with Crippen LogP contribution >= 0.6 is 0 Å². The summed E-state index contributed by atoms with van der Waals surface area (Å²) in [6.45, 7) is 6.82. The third-order valence-corrected chi connectivity index (χ3v) is 4.70. The summed E-state index contributed by atoms with van der Waals surface area (Å²) in [5, 5.41) is 3.77. The molecule has 2 aromatic rings. The van der Waals surface area contributed by atoms with Crippen molar-refractivity contribution in [1.29, 1.82) is 0 Å². The van der Waals surface area contributed by atoms with Gasteiger partial charge < -0.3 is 14.2 Å². The summed E-state index contributed by atoms with van der Waals surface area (Å²) in [7, 11) is 1.68. The minimum Gasteiger partial charge on any atom is -0.497 e. The van der Waals surface area contributed by atoms with Gasteiger partial charge in [0, 0.05) is 19.4 Å². The lowest BCUT2D eigenvalue weighted by Crippen LogP contribution is -2.42. The predicted octanol–water partition coefficient (Wildman–Crippen LogP) is 3.10. The van der Waals surface area contributed by atoms with Crippen molar-refractivity contribution in [2.45, 2.75) is 46.1 Å². The van der Waals surface area contributed by atoms with Crippen molar-refractivity contribution >= 4 is 5.91 Å². The van der Waals surface area contributed by atoms with Gasteiger partial charge in [-0.3, -0.25) is 4.79 Å². The molecule has 134 valence electrons. The van der Waals surface area contributed by atoms with E-state index < -0.39 is 0 Å². The molecule has 0 N–H and O–H groups in total. The fraction of sp³-hybridized carbons (Fsp3) is 0.526. The van der Waals surface area contributed by atoms with Gasteiger partial charge in [-0.05, 0) is 42.5 Å². The Morgan fingerprint density at radius 3 is 2.88 bits per heavy atom. The summed E-state index contributed by atoms with van der Waals surface area (Å²) in [4.78, 5) is 19.0. The Balaban J connectivity index is 1.77. The number of amides is 1. The summed E-state index contributed by atoms with van der Waals surface area (Å²) in [6, 6.07) is 6.25. The molecule has 0 radical (unpaired) electrons. The largest absolute Gasteiger partial charge is 0.497 e. The Bertz CT molecular complexity index is 754. The van der Waals surface area contributed by atoms with Gasteiger partial charge in [-0.25, -0.2) is 0 Å². The van der Waals surface area contributed by atoms with Gasteiger partial charge in [0.05, 0.1) is 13.2 Å². The van der Waals surface area contributed by atoms with Crippen LogP contribution < -0.4 is 4.74 Å². The first kappa shape index (κ1) is 17.5. The van der Waals surface area contributed by atoms with Crippen LogP contribution in [0.2, 0.25) is 0 Å². The van der Waals surface area contributed by atoms with Crippen molar-refractivity contribution < 1.29 is 14.1 Å². The van der Waals surface area contributed by atoms with Crippen molar-refractivity contribution in [3.05, 3.63) is 41.0 Å². The molecule has 3 rings (SSSR count). The number of nitrogens with zero attached hydrogens (tertiary/aromatic N) is 3. The molecule has 0 bridgehead atoms. The molecule has 25 heavy (non-hydrogen) atoms. The van der Waals surface area contributed by atoms with E-state index in [1.54, 1.807) is 14.0 Å². The molecule has 0 saturated heterocycles. The van der Waals surface area contributed by atoms with Gasteiger partial charge in [-0.2, -0.15) is 4.98 Å². The minimum atomic E-state index is 0.0894. The highest BCUT2D eigenvalue weighted by atomic mass is 16.5. The summed E-state index contributed by atoms with van der Waals surface area (Å²) in [5.74, 6) is 2.46. The summed E-state index contributed by atoms with van der Waals surface area (Å²) in [6.07, 6.45) is 1.72. The average Bonchev–Trinajstić information content (AvgIpc) is 3.03. The monoisotopic (exact) mass is 343 g/mol. The van der Waals surface area contributed by atoms with Crippen LogP contribution in [-0.4, -0.2) is 34.6 Å². The SMILES string of the molecule is COc1ccc2c(c1)CCN(C(=O)CCc1nc(C)no1)C2C(C)C. The van der Waals surface area contributed by atoms with Gasteiger partial charge in [0.25, 0.3) is 0 Å². The van der Waals surface area contributed by atoms with Crippen LogP contribution in [0.1, 0.15) is 49.2 Å². The molecule has 1 unspecified atom stereocenters. The number of methoxy groups -OCH3 is 1. The maximum absolute atomic E-state index is 12.8. The van der Waals surface area contributed by atoms with Crippen molar-refractivity contribution in [2.75, 3.05) is 13.7 Å². The normalized spacial score (nSPS) is 16.8. The second-order valence-corrected chi connectivity index (χ2v) is 6.83. The number of fused-ring (bicyclic) bond motifs is 1. The van der Waals surface area contributed by atoms with Gasteiger partial charge in [-0.15, -0.1) is 0 Å².